The van der Waals surface area contributed by atoms with Crippen molar-refractivity contribution < 1.29 is 14.3 Å². The quantitative estimate of drug-likeness (QED) is 0.396. The molecule has 22 heavy (non-hydrogen) atoms. The van der Waals surface area contributed by atoms with Crippen molar-refractivity contribution in [2.75, 3.05) is 59.1 Å². The van der Waals surface area contributed by atoms with E-state index in [0.717, 1.165) is 38.7 Å². The molecule has 0 spiro atoms. The Hall–Kier alpha value is -0.610. The van der Waals surface area contributed by atoms with E-state index in [1.54, 1.807) is 6.92 Å². The number of amides is 1. The highest BCUT2D eigenvalue weighted by Gasteiger charge is 2.21. The summed E-state index contributed by atoms with van der Waals surface area (Å²) in [7, 11) is 0. The van der Waals surface area contributed by atoms with Crippen LogP contribution in [0.4, 0.5) is 0 Å². The lowest BCUT2D eigenvalue weighted by molar-refractivity contribution is -0.130. The van der Waals surface area contributed by atoms with Gasteiger partial charge in [-0.05, 0) is 6.92 Å². The summed E-state index contributed by atoms with van der Waals surface area (Å²) in [6, 6.07) is 0. The van der Waals surface area contributed by atoms with Gasteiger partial charge < -0.3 is 24.6 Å². The Kier molecular flexibility index (Phi) is 9.03. The average Bonchev–Trinajstić information content (AvgIpc) is 2.52. The van der Waals surface area contributed by atoms with Gasteiger partial charge in [-0.1, -0.05) is 0 Å². The molecule has 1 amide bonds. The predicted octanol–water partition coefficient (Wildman–Crippen LogP) is 0.149. The monoisotopic (exact) mass is 426 g/mol. The molecule has 0 saturated carbocycles. The van der Waals surface area contributed by atoms with Crippen LogP contribution in [0.3, 0.4) is 0 Å². The number of guanidine groups is 1. The molecule has 128 valence electrons. The third-order valence-electron chi connectivity index (χ3n) is 3.69. The second-order valence-electron chi connectivity index (χ2n) is 5.26. The van der Waals surface area contributed by atoms with E-state index in [1.807, 2.05) is 4.90 Å². The van der Waals surface area contributed by atoms with Crippen molar-refractivity contribution in [3.8, 4) is 0 Å². The number of ether oxygens (including phenoxy) is 2. The van der Waals surface area contributed by atoms with Crippen molar-refractivity contribution in [1.82, 2.24) is 15.1 Å². The van der Waals surface area contributed by atoms with E-state index in [-0.39, 0.29) is 36.0 Å². The Bertz CT molecular complexity index is 367. The van der Waals surface area contributed by atoms with E-state index in [2.05, 4.69) is 22.1 Å². The van der Waals surface area contributed by atoms with Crippen LogP contribution < -0.4 is 5.32 Å². The zero-order valence-corrected chi connectivity index (χ0v) is 15.7. The number of aliphatic imine (C=N–C) groups is 1. The van der Waals surface area contributed by atoms with Gasteiger partial charge in [0.15, 0.2) is 5.96 Å². The van der Waals surface area contributed by atoms with Gasteiger partial charge in [0.2, 0.25) is 5.91 Å². The summed E-state index contributed by atoms with van der Waals surface area (Å²) in [4.78, 5) is 20.1. The van der Waals surface area contributed by atoms with E-state index in [9.17, 15) is 4.79 Å². The lowest BCUT2D eigenvalue weighted by Gasteiger charge is -2.36. The number of carbonyl (C=O) groups is 1. The summed E-state index contributed by atoms with van der Waals surface area (Å²) in [5, 5.41) is 3.31. The van der Waals surface area contributed by atoms with Gasteiger partial charge >= 0.3 is 0 Å². The summed E-state index contributed by atoms with van der Waals surface area (Å²) in [5.74, 6) is 1.04. The first-order valence-corrected chi connectivity index (χ1v) is 7.68. The molecule has 0 aromatic heterocycles. The van der Waals surface area contributed by atoms with Crippen LogP contribution in [0.25, 0.3) is 0 Å². The van der Waals surface area contributed by atoms with Crippen LogP contribution in [0, 0.1) is 0 Å². The summed E-state index contributed by atoms with van der Waals surface area (Å²) < 4.78 is 11.0. The first kappa shape index (κ1) is 19.4. The van der Waals surface area contributed by atoms with Crippen molar-refractivity contribution in [3.63, 3.8) is 0 Å². The van der Waals surface area contributed by atoms with Crippen LogP contribution in [-0.2, 0) is 14.3 Å². The van der Waals surface area contributed by atoms with Crippen molar-refractivity contribution in [3.05, 3.63) is 0 Å². The molecule has 2 saturated heterocycles. The topological polar surface area (TPSA) is 66.4 Å². The van der Waals surface area contributed by atoms with Crippen molar-refractivity contribution in [1.29, 1.82) is 0 Å². The second kappa shape index (κ2) is 10.2. The average molecular weight is 426 g/mol. The fourth-order valence-electron chi connectivity index (χ4n) is 2.49. The zero-order chi connectivity index (χ0) is 15.1. The van der Waals surface area contributed by atoms with Gasteiger partial charge in [0, 0.05) is 39.6 Å². The van der Waals surface area contributed by atoms with E-state index in [1.165, 1.54) is 0 Å². The van der Waals surface area contributed by atoms with E-state index < -0.39 is 0 Å². The fourth-order valence-corrected chi connectivity index (χ4v) is 2.49. The number of nitrogens with one attached hydrogen (secondary N) is 1. The van der Waals surface area contributed by atoms with Crippen LogP contribution in [0.1, 0.15) is 13.8 Å². The van der Waals surface area contributed by atoms with Gasteiger partial charge in [0.1, 0.15) is 6.10 Å². The highest BCUT2D eigenvalue weighted by Crippen LogP contribution is 2.05. The third kappa shape index (κ3) is 5.88. The summed E-state index contributed by atoms with van der Waals surface area (Å²) in [6.45, 7) is 10.2. The van der Waals surface area contributed by atoms with Crippen LogP contribution >= 0.6 is 24.0 Å². The molecule has 2 rings (SSSR count). The molecule has 8 heteroatoms. The predicted molar refractivity (Wildman–Crippen MR) is 95.8 cm³/mol. The minimum Gasteiger partial charge on any atom is -0.376 e. The Balaban J connectivity index is 0.00000242. The molecule has 0 aromatic carbocycles. The third-order valence-corrected chi connectivity index (χ3v) is 3.69. The highest BCUT2D eigenvalue weighted by molar-refractivity contribution is 14.0. The molecule has 1 unspecified atom stereocenters. The van der Waals surface area contributed by atoms with Gasteiger partial charge in [0.25, 0.3) is 0 Å². The maximum atomic E-state index is 11.4. The lowest BCUT2D eigenvalue weighted by Crippen LogP contribution is -2.53. The van der Waals surface area contributed by atoms with Gasteiger partial charge in [-0.2, -0.15) is 0 Å². The number of hydrogen-bond acceptors (Lipinski definition) is 4. The summed E-state index contributed by atoms with van der Waals surface area (Å²) in [6.07, 6.45) is 0.0471. The number of piperazine rings is 1. The summed E-state index contributed by atoms with van der Waals surface area (Å²) >= 11 is 0. The first-order valence-electron chi connectivity index (χ1n) is 7.68. The van der Waals surface area contributed by atoms with Gasteiger partial charge in [-0.15, -0.1) is 24.0 Å². The molecule has 2 heterocycles. The standard InChI is InChI=1S/C14H26N4O3.HI/c1-3-15-14(16-10-13-11-20-8-9-21-13)18-6-4-17(5-7-18)12(2)19;/h13H,3-11H2,1-2H3,(H,15,16);1H. The van der Waals surface area contributed by atoms with Crippen LogP contribution in [-0.4, -0.2) is 86.9 Å². The van der Waals surface area contributed by atoms with E-state index in [4.69, 9.17) is 9.47 Å². The molecule has 0 aromatic rings. The molecule has 2 aliphatic heterocycles. The Morgan fingerprint density at radius 2 is 1.91 bits per heavy atom. The van der Waals surface area contributed by atoms with Gasteiger partial charge in [-0.25, -0.2) is 0 Å². The smallest absolute Gasteiger partial charge is 0.219 e. The molecule has 0 aliphatic carbocycles. The van der Waals surface area contributed by atoms with E-state index >= 15 is 0 Å². The molecule has 0 radical (unpaired) electrons. The lowest BCUT2D eigenvalue weighted by atomic mass is 10.3. The Morgan fingerprint density at radius 1 is 1.23 bits per heavy atom. The van der Waals surface area contributed by atoms with Gasteiger partial charge in [0.05, 0.1) is 26.4 Å². The Labute approximate surface area is 149 Å². The zero-order valence-electron chi connectivity index (χ0n) is 13.4. The number of halogens is 1. The van der Waals surface area contributed by atoms with Crippen LogP contribution in [0.15, 0.2) is 4.99 Å². The molecule has 1 N–H and O–H groups in total. The minimum atomic E-state index is 0. The molecule has 7 nitrogen and oxygen atoms in total. The maximum Gasteiger partial charge on any atom is 0.219 e. The minimum absolute atomic E-state index is 0. The molecule has 2 aliphatic rings. The number of carbonyl (C=O) groups excluding carboxylic acids is 1. The molecule has 0 bridgehead atoms. The molecular formula is C14H27IN4O3. The maximum absolute atomic E-state index is 11.4. The molecule has 1 atom stereocenters. The highest BCUT2D eigenvalue weighted by atomic mass is 127. The van der Waals surface area contributed by atoms with Crippen molar-refractivity contribution in [2.45, 2.75) is 20.0 Å². The number of rotatable bonds is 3. The van der Waals surface area contributed by atoms with Gasteiger partial charge in [-0.3, -0.25) is 9.79 Å². The Morgan fingerprint density at radius 3 is 2.45 bits per heavy atom. The number of nitrogens with zero attached hydrogens (tertiary/aromatic N) is 3. The fraction of sp³-hybridized carbons (Fsp3) is 0.857. The largest absolute Gasteiger partial charge is 0.376 e. The SMILES string of the molecule is CCNC(=NCC1COCCO1)N1CCN(C(C)=O)CC1.I. The first-order chi connectivity index (χ1) is 10.2. The second-order valence-corrected chi connectivity index (χ2v) is 5.26. The van der Waals surface area contributed by atoms with Crippen LogP contribution in [0.5, 0.6) is 0 Å². The van der Waals surface area contributed by atoms with Crippen molar-refractivity contribution in [2.24, 2.45) is 4.99 Å². The van der Waals surface area contributed by atoms with Crippen molar-refractivity contribution >= 4 is 35.8 Å². The number of hydrogen-bond donors (Lipinski definition) is 1. The normalized spacial score (nSPS) is 23.0. The molecular weight excluding hydrogens is 399 g/mol. The van der Waals surface area contributed by atoms with E-state index in [0.29, 0.717) is 26.4 Å². The molecule has 2 fully saturated rings. The van der Waals surface area contributed by atoms with Crippen LogP contribution in [0.2, 0.25) is 0 Å². The summed E-state index contributed by atoms with van der Waals surface area (Å²) in [5.41, 5.74) is 0.